The average molecular weight is 387 g/mol. The molecule has 0 spiro atoms. The number of esters is 1. The predicted octanol–water partition coefficient (Wildman–Crippen LogP) is 1.87. The highest BCUT2D eigenvalue weighted by Crippen LogP contribution is 2.24. The Hall–Kier alpha value is -3.07. The van der Waals surface area contributed by atoms with Crippen LogP contribution < -0.4 is 5.32 Å². The molecule has 0 aliphatic carbocycles. The number of carbonyl (C=O) groups is 4. The number of nitrogens with one attached hydrogen (secondary N) is 1. The van der Waals surface area contributed by atoms with Crippen LogP contribution in [0.1, 0.15) is 38.4 Å². The Morgan fingerprint density at radius 2 is 1.81 bits per heavy atom. The first kappa shape index (κ1) is 18.7. The minimum Gasteiger partial charge on any atom is -0.469 e. The molecule has 1 N–H and O–H groups in total. The fourth-order valence-corrected chi connectivity index (χ4v) is 3.46. The van der Waals surface area contributed by atoms with Crippen LogP contribution in [0.3, 0.4) is 0 Å². The van der Waals surface area contributed by atoms with E-state index in [1.807, 2.05) is 0 Å². The van der Waals surface area contributed by atoms with E-state index in [2.05, 4.69) is 15.0 Å². The van der Waals surface area contributed by atoms with Gasteiger partial charge in [-0.3, -0.25) is 24.1 Å². The minimum atomic E-state index is -0.453. The molecule has 0 saturated heterocycles. The zero-order chi connectivity index (χ0) is 19.4. The maximum Gasteiger partial charge on any atom is 0.306 e. The molecule has 3 rings (SSSR count). The minimum absolute atomic E-state index is 0.000306. The second-order valence-corrected chi connectivity index (χ2v) is 6.93. The molecule has 8 nitrogen and oxygen atoms in total. The highest BCUT2D eigenvalue weighted by Gasteiger charge is 2.34. The van der Waals surface area contributed by atoms with E-state index in [9.17, 15) is 19.2 Å². The number of carbonyl (C=O) groups excluding carboxylic acids is 4. The van der Waals surface area contributed by atoms with Crippen molar-refractivity contribution in [2.24, 2.45) is 0 Å². The number of amides is 3. The van der Waals surface area contributed by atoms with Crippen molar-refractivity contribution in [3.63, 3.8) is 0 Å². The summed E-state index contributed by atoms with van der Waals surface area (Å²) >= 11 is 1.26. The van der Waals surface area contributed by atoms with Crippen molar-refractivity contribution in [2.45, 2.75) is 19.3 Å². The number of thiazole rings is 1. The number of nitrogens with zero attached hydrogens (tertiary/aromatic N) is 2. The Kier molecular flexibility index (Phi) is 5.60. The Morgan fingerprint density at radius 3 is 2.44 bits per heavy atom. The summed E-state index contributed by atoms with van der Waals surface area (Å²) in [5, 5.41) is 3.02. The molecule has 0 fully saturated rings. The van der Waals surface area contributed by atoms with Crippen molar-refractivity contribution in [1.82, 2.24) is 9.88 Å². The largest absolute Gasteiger partial charge is 0.469 e. The number of hydrogen-bond donors (Lipinski definition) is 1. The lowest BCUT2D eigenvalue weighted by atomic mass is 10.1. The van der Waals surface area contributed by atoms with Crippen LogP contribution in [0.5, 0.6) is 0 Å². The highest BCUT2D eigenvalue weighted by molar-refractivity contribution is 7.15. The molecule has 27 heavy (non-hydrogen) atoms. The van der Waals surface area contributed by atoms with Gasteiger partial charge in [0, 0.05) is 30.5 Å². The molecule has 0 radical (unpaired) electrons. The van der Waals surface area contributed by atoms with Gasteiger partial charge in [-0.15, -0.1) is 11.3 Å². The molecular weight excluding hydrogens is 370 g/mol. The number of hydrogen-bond acceptors (Lipinski definition) is 7. The lowest BCUT2D eigenvalue weighted by Gasteiger charge is -2.12. The van der Waals surface area contributed by atoms with E-state index in [0.717, 1.165) is 4.88 Å². The van der Waals surface area contributed by atoms with Crippen LogP contribution in [0, 0.1) is 0 Å². The van der Waals surface area contributed by atoms with Gasteiger partial charge >= 0.3 is 5.97 Å². The predicted molar refractivity (Wildman–Crippen MR) is 97.5 cm³/mol. The average Bonchev–Trinajstić information content (AvgIpc) is 3.21. The Bertz CT molecular complexity index is 873. The number of methoxy groups -OCH3 is 1. The number of fused-ring (bicyclic) bond motifs is 1. The smallest absolute Gasteiger partial charge is 0.306 e. The third kappa shape index (κ3) is 4.20. The Morgan fingerprint density at radius 1 is 1.15 bits per heavy atom. The first-order chi connectivity index (χ1) is 13.0. The van der Waals surface area contributed by atoms with Gasteiger partial charge in [-0.1, -0.05) is 12.1 Å². The fourth-order valence-electron chi connectivity index (χ4n) is 2.64. The summed E-state index contributed by atoms with van der Waals surface area (Å²) in [5.41, 5.74) is 0.843. The molecule has 140 valence electrons. The summed E-state index contributed by atoms with van der Waals surface area (Å²) < 4.78 is 4.48. The molecule has 3 amide bonds. The maximum atomic E-state index is 12.3. The van der Waals surface area contributed by atoms with Gasteiger partial charge in [0.2, 0.25) is 5.91 Å². The molecule has 2 heterocycles. The quantitative estimate of drug-likeness (QED) is 0.574. The van der Waals surface area contributed by atoms with Gasteiger partial charge in [0.25, 0.3) is 11.8 Å². The zero-order valence-electron chi connectivity index (χ0n) is 14.6. The van der Waals surface area contributed by atoms with Crippen molar-refractivity contribution in [3.05, 3.63) is 46.5 Å². The molecule has 0 unspecified atom stereocenters. The normalized spacial score (nSPS) is 12.9. The monoisotopic (exact) mass is 387 g/mol. The van der Waals surface area contributed by atoms with Gasteiger partial charge in [0.05, 0.1) is 24.7 Å². The van der Waals surface area contributed by atoms with Crippen LogP contribution in [-0.4, -0.2) is 47.2 Å². The van der Waals surface area contributed by atoms with Crippen molar-refractivity contribution in [2.75, 3.05) is 19.0 Å². The first-order valence-corrected chi connectivity index (χ1v) is 9.08. The maximum absolute atomic E-state index is 12.3. The Labute approximate surface area is 159 Å². The number of benzene rings is 1. The molecule has 1 aromatic heterocycles. The van der Waals surface area contributed by atoms with Crippen LogP contribution in [-0.2, 0) is 20.7 Å². The SMILES string of the molecule is COC(=O)CCC(=O)Nc1ncc(CCN2C(=O)c3ccccc3C2=O)s1. The number of rotatable bonds is 7. The molecule has 1 aromatic carbocycles. The van der Waals surface area contributed by atoms with E-state index in [1.165, 1.54) is 23.3 Å². The van der Waals surface area contributed by atoms with Crippen LogP contribution in [0.4, 0.5) is 5.13 Å². The van der Waals surface area contributed by atoms with Crippen LogP contribution >= 0.6 is 11.3 Å². The van der Waals surface area contributed by atoms with E-state index < -0.39 is 5.97 Å². The van der Waals surface area contributed by atoms with Gasteiger partial charge in [-0.05, 0) is 12.1 Å². The lowest BCUT2D eigenvalue weighted by Crippen LogP contribution is -2.31. The van der Waals surface area contributed by atoms with Crippen LogP contribution in [0.25, 0.3) is 0 Å². The summed E-state index contributed by atoms with van der Waals surface area (Å²) in [7, 11) is 1.27. The van der Waals surface area contributed by atoms with E-state index in [4.69, 9.17) is 0 Å². The Balaban J connectivity index is 1.53. The second kappa shape index (κ2) is 8.09. The van der Waals surface area contributed by atoms with Crippen molar-refractivity contribution < 1.29 is 23.9 Å². The van der Waals surface area contributed by atoms with E-state index in [-0.39, 0.29) is 37.1 Å². The summed E-state index contributed by atoms with van der Waals surface area (Å²) in [4.78, 5) is 53.6. The van der Waals surface area contributed by atoms with E-state index in [1.54, 1.807) is 30.5 Å². The molecule has 2 aromatic rings. The number of aromatic nitrogens is 1. The van der Waals surface area contributed by atoms with Crippen molar-refractivity contribution in [3.8, 4) is 0 Å². The van der Waals surface area contributed by atoms with E-state index in [0.29, 0.717) is 22.7 Å². The van der Waals surface area contributed by atoms with Gasteiger partial charge in [0.1, 0.15) is 0 Å². The van der Waals surface area contributed by atoms with Crippen molar-refractivity contribution >= 4 is 40.2 Å². The molecule has 0 saturated carbocycles. The standard InChI is InChI=1S/C18H17N3O5S/c1-26-15(23)7-6-14(22)20-18-19-10-11(27-18)8-9-21-16(24)12-4-2-3-5-13(12)17(21)25/h2-5,10H,6-9H2,1H3,(H,19,20,22). The van der Waals surface area contributed by atoms with Crippen molar-refractivity contribution in [1.29, 1.82) is 0 Å². The molecule has 0 bridgehead atoms. The summed E-state index contributed by atoms with van der Waals surface area (Å²) in [6.45, 7) is 0.240. The first-order valence-electron chi connectivity index (χ1n) is 8.26. The summed E-state index contributed by atoms with van der Waals surface area (Å²) in [5.74, 6) is -1.37. The summed E-state index contributed by atoms with van der Waals surface area (Å²) in [6.07, 6.45) is 2.05. The van der Waals surface area contributed by atoms with Crippen LogP contribution in [0.15, 0.2) is 30.5 Å². The second-order valence-electron chi connectivity index (χ2n) is 5.81. The summed E-state index contributed by atoms with van der Waals surface area (Å²) in [6, 6.07) is 6.74. The number of anilines is 1. The number of ether oxygens (including phenoxy) is 1. The fraction of sp³-hybridized carbons (Fsp3) is 0.278. The molecule has 1 aliphatic heterocycles. The molecule has 9 heteroatoms. The number of imide groups is 1. The molecule has 0 atom stereocenters. The zero-order valence-corrected chi connectivity index (χ0v) is 15.4. The van der Waals surface area contributed by atoms with Gasteiger partial charge in [-0.2, -0.15) is 0 Å². The lowest BCUT2D eigenvalue weighted by molar-refractivity contribution is -0.141. The molecular formula is C18H17N3O5S. The van der Waals surface area contributed by atoms with Gasteiger partial charge in [0.15, 0.2) is 5.13 Å². The van der Waals surface area contributed by atoms with Crippen LogP contribution in [0.2, 0.25) is 0 Å². The van der Waals surface area contributed by atoms with E-state index >= 15 is 0 Å². The third-order valence-corrected chi connectivity index (χ3v) is 5.02. The van der Waals surface area contributed by atoms with Gasteiger partial charge in [-0.25, -0.2) is 4.98 Å². The topological polar surface area (TPSA) is 106 Å². The third-order valence-electron chi connectivity index (χ3n) is 4.04. The van der Waals surface area contributed by atoms with Gasteiger partial charge < -0.3 is 10.1 Å². The highest BCUT2D eigenvalue weighted by atomic mass is 32.1. The molecule has 1 aliphatic rings.